The SMILES string of the molecule is CCNC(=NCc1nc2ccccc2n1C)N1CCN(Cc2ccc3c(c2)OCO3)CC1. The van der Waals surface area contributed by atoms with Gasteiger partial charge >= 0.3 is 0 Å². The maximum absolute atomic E-state index is 5.51. The van der Waals surface area contributed by atoms with Crippen LogP contribution < -0.4 is 14.8 Å². The highest BCUT2D eigenvalue weighted by Crippen LogP contribution is 2.32. The Morgan fingerprint density at radius 1 is 1.06 bits per heavy atom. The van der Waals surface area contributed by atoms with Gasteiger partial charge in [-0.2, -0.15) is 0 Å². The molecule has 1 saturated heterocycles. The number of nitrogens with zero attached hydrogens (tertiary/aromatic N) is 5. The third-order valence-electron chi connectivity index (χ3n) is 6.10. The van der Waals surface area contributed by atoms with Crippen molar-refractivity contribution >= 4 is 17.0 Å². The summed E-state index contributed by atoms with van der Waals surface area (Å²) in [7, 11) is 2.06. The Morgan fingerprint density at radius 2 is 1.88 bits per heavy atom. The van der Waals surface area contributed by atoms with E-state index in [4.69, 9.17) is 19.5 Å². The number of imidazole rings is 1. The van der Waals surface area contributed by atoms with Crippen LogP contribution in [0.1, 0.15) is 18.3 Å². The Bertz CT molecular complexity index is 1120. The van der Waals surface area contributed by atoms with Crippen molar-refractivity contribution in [1.82, 2.24) is 24.7 Å². The fourth-order valence-corrected chi connectivity index (χ4v) is 4.32. The van der Waals surface area contributed by atoms with Crippen LogP contribution in [-0.4, -0.2) is 64.8 Å². The van der Waals surface area contributed by atoms with Crippen molar-refractivity contribution in [2.75, 3.05) is 39.5 Å². The van der Waals surface area contributed by atoms with Gasteiger partial charge in [-0.25, -0.2) is 9.98 Å². The van der Waals surface area contributed by atoms with Gasteiger partial charge < -0.3 is 24.3 Å². The summed E-state index contributed by atoms with van der Waals surface area (Å²) in [6.45, 7) is 8.62. The summed E-state index contributed by atoms with van der Waals surface area (Å²) in [5, 5.41) is 3.46. The number of rotatable bonds is 5. The molecule has 0 spiro atoms. The molecule has 0 unspecified atom stereocenters. The summed E-state index contributed by atoms with van der Waals surface area (Å²) >= 11 is 0. The van der Waals surface area contributed by atoms with Crippen LogP contribution in [0, 0.1) is 0 Å². The number of para-hydroxylation sites is 2. The van der Waals surface area contributed by atoms with Crippen molar-refractivity contribution in [3.05, 3.63) is 53.9 Å². The number of piperazine rings is 1. The third kappa shape index (κ3) is 4.23. The molecule has 8 nitrogen and oxygen atoms in total. The number of benzene rings is 2. The lowest BCUT2D eigenvalue weighted by Crippen LogP contribution is -2.52. The summed E-state index contributed by atoms with van der Waals surface area (Å²) in [4.78, 5) is 14.5. The molecule has 0 aliphatic carbocycles. The first kappa shape index (κ1) is 20.6. The molecule has 2 aliphatic heterocycles. The van der Waals surface area contributed by atoms with E-state index in [0.29, 0.717) is 13.3 Å². The molecule has 0 saturated carbocycles. The van der Waals surface area contributed by atoms with E-state index in [9.17, 15) is 0 Å². The lowest BCUT2D eigenvalue weighted by atomic mass is 10.1. The highest BCUT2D eigenvalue weighted by atomic mass is 16.7. The van der Waals surface area contributed by atoms with Crippen molar-refractivity contribution in [3.8, 4) is 11.5 Å². The Kier molecular flexibility index (Phi) is 5.85. The van der Waals surface area contributed by atoms with Gasteiger partial charge in [0.1, 0.15) is 12.4 Å². The molecule has 8 heteroatoms. The van der Waals surface area contributed by atoms with Crippen molar-refractivity contribution in [2.24, 2.45) is 12.0 Å². The first-order valence-corrected chi connectivity index (χ1v) is 11.3. The van der Waals surface area contributed by atoms with Crippen molar-refractivity contribution in [3.63, 3.8) is 0 Å². The molecular formula is C24H30N6O2. The molecule has 5 rings (SSSR count). The number of aryl methyl sites for hydroxylation is 1. The van der Waals surface area contributed by atoms with Crippen LogP contribution in [-0.2, 0) is 20.1 Å². The van der Waals surface area contributed by atoms with Crippen LogP contribution in [0.2, 0.25) is 0 Å². The topological polar surface area (TPSA) is 67.2 Å². The first-order valence-electron chi connectivity index (χ1n) is 11.3. The van der Waals surface area contributed by atoms with Gasteiger partial charge in [-0.15, -0.1) is 0 Å². The minimum Gasteiger partial charge on any atom is -0.454 e. The minimum atomic E-state index is 0.318. The van der Waals surface area contributed by atoms with E-state index in [2.05, 4.69) is 51.9 Å². The normalized spacial score (nSPS) is 16.7. The Hall–Kier alpha value is -3.26. The second kappa shape index (κ2) is 9.08. The van der Waals surface area contributed by atoms with Gasteiger partial charge in [0.15, 0.2) is 17.5 Å². The van der Waals surface area contributed by atoms with Crippen LogP contribution >= 0.6 is 0 Å². The average Bonchev–Trinajstić information content (AvgIpc) is 3.41. The molecule has 1 aromatic heterocycles. The van der Waals surface area contributed by atoms with Crippen LogP contribution in [0.4, 0.5) is 0 Å². The Labute approximate surface area is 188 Å². The number of hydrogen-bond donors (Lipinski definition) is 1. The molecule has 32 heavy (non-hydrogen) atoms. The number of fused-ring (bicyclic) bond motifs is 2. The van der Waals surface area contributed by atoms with Gasteiger partial charge in [-0.3, -0.25) is 4.90 Å². The van der Waals surface area contributed by atoms with Crippen LogP contribution in [0.3, 0.4) is 0 Å². The average molecular weight is 435 g/mol. The van der Waals surface area contributed by atoms with Gasteiger partial charge in [0.25, 0.3) is 0 Å². The van der Waals surface area contributed by atoms with E-state index in [-0.39, 0.29) is 0 Å². The number of nitrogens with one attached hydrogen (secondary N) is 1. The van der Waals surface area contributed by atoms with Gasteiger partial charge in [-0.1, -0.05) is 18.2 Å². The molecule has 1 N–H and O–H groups in total. The van der Waals surface area contributed by atoms with E-state index in [1.54, 1.807) is 0 Å². The zero-order valence-electron chi connectivity index (χ0n) is 18.8. The fourth-order valence-electron chi connectivity index (χ4n) is 4.32. The zero-order valence-corrected chi connectivity index (χ0v) is 18.8. The van der Waals surface area contributed by atoms with E-state index >= 15 is 0 Å². The number of ether oxygens (including phenoxy) is 2. The lowest BCUT2D eigenvalue weighted by molar-refractivity contribution is 0.171. The molecule has 168 valence electrons. The van der Waals surface area contributed by atoms with E-state index < -0.39 is 0 Å². The highest BCUT2D eigenvalue weighted by Gasteiger charge is 2.21. The second-order valence-corrected chi connectivity index (χ2v) is 8.20. The van der Waals surface area contributed by atoms with Crippen molar-refractivity contribution < 1.29 is 9.47 Å². The third-order valence-corrected chi connectivity index (χ3v) is 6.10. The zero-order chi connectivity index (χ0) is 21.9. The number of aromatic nitrogens is 2. The summed E-state index contributed by atoms with van der Waals surface area (Å²) in [6, 6.07) is 14.4. The smallest absolute Gasteiger partial charge is 0.231 e. The summed E-state index contributed by atoms with van der Waals surface area (Å²) < 4.78 is 13.1. The first-order chi connectivity index (χ1) is 15.7. The summed E-state index contributed by atoms with van der Waals surface area (Å²) in [5.74, 6) is 3.63. The van der Waals surface area contributed by atoms with Gasteiger partial charge in [-0.05, 0) is 36.8 Å². The molecule has 2 aromatic carbocycles. The standard InChI is InChI=1S/C24H30N6O2/c1-3-25-24(26-15-23-27-19-6-4-5-7-20(19)28(23)2)30-12-10-29(11-13-30)16-18-8-9-21-22(14-18)32-17-31-21/h4-9,14H,3,10-13,15-17H2,1-2H3,(H,25,26). The maximum Gasteiger partial charge on any atom is 0.231 e. The van der Waals surface area contributed by atoms with Gasteiger partial charge in [0, 0.05) is 46.3 Å². The molecule has 1 fully saturated rings. The molecular weight excluding hydrogens is 404 g/mol. The van der Waals surface area contributed by atoms with Crippen molar-refractivity contribution in [1.29, 1.82) is 0 Å². The number of guanidine groups is 1. The predicted octanol–water partition coefficient (Wildman–Crippen LogP) is 2.59. The van der Waals surface area contributed by atoms with Crippen molar-refractivity contribution in [2.45, 2.75) is 20.0 Å². The van der Waals surface area contributed by atoms with Crippen LogP contribution in [0.25, 0.3) is 11.0 Å². The summed E-state index contributed by atoms with van der Waals surface area (Å²) in [6.07, 6.45) is 0. The fraction of sp³-hybridized carbons (Fsp3) is 0.417. The minimum absolute atomic E-state index is 0.318. The second-order valence-electron chi connectivity index (χ2n) is 8.20. The molecule has 3 aromatic rings. The van der Waals surface area contributed by atoms with E-state index in [1.807, 2.05) is 24.3 Å². The quantitative estimate of drug-likeness (QED) is 0.492. The monoisotopic (exact) mass is 434 g/mol. The highest BCUT2D eigenvalue weighted by molar-refractivity contribution is 5.80. The van der Waals surface area contributed by atoms with E-state index in [1.165, 1.54) is 5.56 Å². The number of aliphatic imine (C=N–C) groups is 1. The molecule has 0 amide bonds. The Morgan fingerprint density at radius 3 is 2.69 bits per heavy atom. The van der Waals surface area contributed by atoms with Crippen LogP contribution in [0.15, 0.2) is 47.5 Å². The molecule has 0 atom stereocenters. The maximum atomic E-state index is 5.51. The lowest BCUT2D eigenvalue weighted by Gasteiger charge is -2.36. The summed E-state index contributed by atoms with van der Waals surface area (Å²) in [5.41, 5.74) is 3.41. The molecule has 0 radical (unpaired) electrons. The van der Waals surface area contributed by atoms with Crippen LogP contribution in [0.5, 0.6) is 11.5 Å². The number of hydrogen-bond acceptors (Lipinski definition) is 5. The molecule has 2 aliphatic rings. The predicted molar refractivity (Wildman–Crippen MR) is 125 cm³/mol. The Balaban J connectivity index is 1.21. The largest absolute Gasteiger partial charge is 0.454 e. The van der Waals surface area contributed by atoms with Gasteiger partial charge in [0.2, 0.25) is 6.79 Å². The molecule has 3 heterocycles. The van der Waals surface area contributed by atoms with Gasteiger partial charge in [0.05, 0.1) is 11.0 Å². The molecule has 0 bridgehead atoms. The van der Waals surface area contributed by atoms with E-state index in [0.717, 1.165) is 73.6 Å².